The largest absolute Gasteiger partial charge is 0.484 e. The van der Waals surface area contributed by atoms with Gasteiger partial charge >= 0.3 is 0 Å². The number of rotatable bonds is 10. The summed E-state index contributed by atoms with van der Waals surface area (Å²) in [6.45, 7) is 4.53. The molecule has 0 saturated heterocycles. The minimum Gasteiger partial charge on any atom is -0.484 e. The number of carbonyl (C=O) groups is 2. The maximum Gasteiger partial charge on any atom is 0.261 e. The molecular formula is C22H26BrClN2O3. The Morgan fingerprint density at radius 2 is 1.93 bits per heavy atom. The zero-order valence-corrected chi connectivity index (χ0v) is 19.0. The summed E-state index contributed by atoms with van der Waals surface area (Å²) in [5, 5.41) is 3.43. The number of hydrogen-bond donors (Lipinski definition) is 1. The van der Waals surface area contributed by atoms with Gasteiger partial charge in [-0.25, -0.2) is 0 Å². The van der Waals surface area contributed by atoms with Crippen LogP contribution in [-0.2, 0) is 16.1 Å². The van der Waals surface area contributed by atoms with Gasteiger partial charge in [-0.1, -0.05) is 59.1 Å². The number of hydrogen-bond acceptors (Lipinski definition) is 3. The molecule has 0 fully saturated rings. The number of nitrogens with one attached hydrogen (secondary N) is 1. The van der Waals surface area contributed by atoms with Crippen molar-refractivity contribution in [2.45, 2.75) is 39.3 Å². The van der Waals surface area contributed by atoms with E-state index in [2.05, 4.69) is 28.2 Å². The summed E-state index contributed by atoms with van der Waals surface area (Å²) in [6.07, 6.45) is 1.89. The molecule has 0 aliphatic carbocycles. The predicted octanol–water partition coefficient (Wildman–Crippen LogP) is 4.81. The Bertz CT molecular complexity index is 814. The number of unbranched alkanes of at least 4 members (excludes halogenated alkanes) is 1. The van der Waals surface area contributed by atoms with E-state index in [9.17, 15) is 9.59 Å². The number of benzene rings is 2. The molecule has 1 atom stereocenters. The summed E-state index contributed by atoms with van der Waals surface area (Å²) in [7, 11) is 0. The van der Waals surface area contributed by atoms with Crippen LogP contribution in [0.4, 0.5) is 0 Å². The van der Waals surface area contributed by atoms with Gasteiger partial charge in [0.1, 0.15) is 11.8 Å². The van der Waals surface area contributed by atoms with Gasteiger partial charge in [0.25, 0.3) is 5.91 Å². The Labute approximate surface area is 185 Å². The first-order valence-corrected chi connectivity index (χ1v) is 10.8. The molecule has 0 aliphatic heterocycles. The zero-order chi connectivity index (χ0) is 21.2. The van der Waals surface area contributed by atoms with Crippen LogP contribution in [0.3, 0.4) is 0 Å². The Balaban J connectivity index is 2.10. The lowest BCUT2D eigenvalue weighted by Gasteiger charge is -2.28. The average Bonchev–Trinajstić information content (AvgIpc) is 2.71. The minimum atomic E-state index is -0.619. The molecule has 2 rings (SSSR count). The van der Waals surface area contributed by atoms with Crippen molar-refractivity contribution in [3.63, 3.8) is 0 Å². The van der Waals surface area contributed by atoms with Crippen molar-refractivity contribution in [1.82, 2.24) is 10.2 Å². The van der Waals surface area contributed by atoms with E-state index in [-0.39, 0.29) is 18.4 Å². The second kappa shape index (κ2) is 11.8. The summed E-state index contributed by atoms with van der Waals surface area (Å²) in [4.78, 5) is 27.0. The first kappa shape index (κ1) is 23.2. The van der Waals surface area contributed by atoms with Crippen LogP contribution in [0, 0.1) is 0 Å². The van der Waals surface area contributed by atoms with E-state index in [1.165, 1.54) is 4.90 Å². The van der Waals surface area contributed by atoms with Gasteiger partial charge in [0.15, 0.2) is 6.61 Å². The van der Waals surface area contributed by atoms with Crippen LogP contribution in [0.2, 0.25) is 5.02 Å². The van der Waals surface area contributed by atoms with Crippen molar-refractivity contribution in [2.24, 2.45) is 0 Å². The van der Waals surface area contributed by atoms with Gasteiger partial charge in [0.2, 0.25) is 5.91 Å². The van der Waals surface area contributed by atoms with Gasteiger partial charge in [-0.2, -0.15) is 0 Å². The maximum absolute atomic E-state index is 12.9. The number of carbonyl (C=O) groups excluding carboxylic acids is 2. The summed E-state index contributed by atoms with van der Waals surface area (Å²) >= 11 is 9.37. The molecule has 2 aromatic carbocycles. The monoisotopic (exact) mass is 480 g/mol. The average molecular weight is 482 g/mol. The molecule has 0 unspecified atom stereocenters. The van der Waals surface area contributed by atoms with Gasteiger partial charge in [-0.3, -0.25) is 9.59 Å². The lowest BCUT2D eigenvalue weighted by molar-refractivity contribution is -0.142. The third-order valence-electron chi connectivity index (χ3n) is 4.42. The van der Waals surface area contributed by atoms with Crippen molar-refractivity contribution >= 4 is 39.3 Å². The van der Waals surface area contributed by atoms with E-state index in [0.717, 1.165) is 22.9 Å². The van der Waals surface area contributed by atoms with Crippen LogP contribution in [0.1, 0.15) is 32.3 Å². The van der Waals surface area contributed by atoms with Gasteiger partial charge in [0, 0.05) is 22.6 Å². The molecule has 5 nitrogen and oxygen atoms in total. The zero-order valence-electron chi connectivity index (χ0n) is 16.7. The van der Waals surface area contributed by atoms with E-state index in [4.69, 9.17) is 16.3 Å². The molecule has 0 aromatic heterocycles. The third kappa shape index (κ3) is 7.71. The molecule has 0 saturated carbocycles. The first-order valence-electron chi connectivity index (χ1n) is 9.60. The van der Waals surface area contributed by atoms with Gasteiger partial charge in [-0.05, 0) is 49.2 Å². The Morgan fingerprint density at radius 1 is 1.21 bits per heavy atom. The van der Waals surface area contributed by atoms with E-state index in [1.54, 1.807) is 31.2 Å². The number of nitrogens with zero attached hydrogens (tertiary/aromatic N) is 1. The van der Waals surface area contributed by atoms with Crippen molar-refractivity contribution in [1.29, 1.82) is 0 Å². The van der Waals surface area contributed by atoms with Gasteiger partial charge in [0.05, 0.1) is 0 Å². The fourth-order valence-electron chi connectivity index (χ4n) is 2.69. The summed E-state index contributed by atoms with van der Waals surface area (Å²) in [5.74, 6) is 0.0622. The Hall–Kier alpha value is -2.05. The van der Waals surface area contributed by atoms with Crippen molar-refractivity contribution in [2.75, 3.05) is 13.2 Å². The molecule has 0 aliphatic rings. The maximum atomic E-state index is 12.9. The number of ether oxygens (including phenoxy) is 1. The molecule has 0 radical (unpaired) electrons. The van der Waals surface area contributed by atoms with E-state index < -0.39 is 6.04 Å². The van der Waals surface area contributed by atoms with Crippen molar-refractivity contribution < 1.29 is 14.3 Å². The number of halogens is 2. The van der Waals surface area contributed by atoms with Crippen LogP contribution in [-0.4, -0.2) is 35.9 Å². The highest BCUT2D eigenvalue weighted by Crippen LogP contribution is 2.18. The molecule has 0 heterocycles. The van der Waals surface area contributed by atoms with Crippen LogP contribution >= 0.6 is 27.5 Å². The standard InChI is InChI=1S/C22H26BrClN2O3/c1-3-4-12-25-22(28)16(2)26(14-17-8-10-18(23)11-9-17)21(27)15-29-20-7-5-6-19(24)13-20/h5-11,13,16H,3-4,12,14-15H2,1-2H3,(H,25,28)/t16-/m1/s1. The minimum absolute atomic E-state index is 0.174. The molecule has 7 heteroatoms. The van der Waals surface area contributed by atoms with Gasteiger partial charge < -0.3 is 15.0 Å². The van der Waals surface area contributed by atoms with E-state index in [0.29, 0.717) is 23.9 Å². The first-order chi connectivity index (χ1) is 13.9. The van der Waals surface area contributed by atoms with Crippen LogP contribution in [0.25, 0.3) is 0 Å². The SMILES string of the molecule is CCCCNC(=O)[C@@H](C)N(Cc1ccc(Br)cc1)C(=O)COc1cccc(Cl)c1. The van der Waals surface area contributed by atoms with E-state index >= 15 is 0 Å². The topological polar surface area (TPSA) is 58.6 Å². The highest BCUT2D eigenvalue weighted by atomic mass is 79.9. The summed E-state index contributed by atoms with van der Waals surface area (Å²) in [5.41, 5.74) is 0.928. The molecule has 1 N–H and O–H groups in total. The fraction of sp³-hybridized carbons (Fsp3) is 0.364. The molecule has 2 amide bonds. The predicted molar refractivity (Wildman–Crippen MR) is 119 cm³/mol. The quantitative estimate of drug-likeness (QED) is 0.495. The van der Waals surface area contributed by atoms with Crippen LogP contribution in [0.15, 0.2) is 53.0 Å². The lowest BCUT2D eigenvalue weighted by atomic mass is 10.1. The number of amides is 2. The summed E-state index contributed by atoms with van der Waals surface area (Å²) < 4.78 is 6.55. The smallest absolute Gasteiger partial charge is 0.261 e. The molecular weight excluding hydrogens is 456 g/mol. The lowest BCUT2D eigenvalue weighted by Crippen LogP contribution is -2.49. The molecule has 156 valence electrons. The Kier molecular flexibility index (Phi) is 9.48. The van der Waals surface area contributed by atoms with E-state index in [1.807, 2.05) is 24.3 Å². The van der Waals surface area contributed by atoms with Crippen LogP contribution < -0.4 is 10.1 Å². The molecule has 0 spiro atoms. The van der Waals surface area contributed by atoms with Crippen LogP contribution in [0.5, 0.6) is 5.75 Å². The third-order valence-corrected chi connectivity index (χ3v) is 5.19. The fourth-order valence-corrected chi connectivity index (χ4v) is 3.13. The highest BCUT2D eigenvalue weighted by molar-refractivity contribution is 9.10. The normalized spacial score (nSPS) is 11.6. The molecule has 2 aromatic rings. The Morgan fingerprint density at radius 3 is 2.59 bits per heavy atom. The summed E-state index contributed by atoms with van der Waals surface area (Å²) in [6, 6.07) is 13.9. The molecule has 29 heavy (non-hydrogen) atoms. The van der Waals surface area contributed by atoms with Gasteiger partial charge in [-0.15, -0.1) is 0 Å². The second-order valence-corrected chi connectivity index (χ2v) is 8.07. The van der Waals surface area contributed by atoms with Crippen molar-refractivity contribution in [3.8, 4) is 5.75 Å². The van der Waals surface area contributed by atoms with Crippen molar-refractivity contribution in [3.05, 3.63) is 63.6 Å². The highest BCUT2D eigenvalue weighted by Gasteiger charge is 2.26. The second-order valence-electron chi connectivity index (χ2n) is 6.71. The molecule has 0 bridgehead atoms.